The fourth-order valence-electron chi connectivity index (χ4n) is 2.25. The van der Waals surface area contributed by atoms with Gasteiger partial charge in [-0.1, -0.05) is 11.6 Å². The quantitative estimate of drug-likeness (QED) is 0.290. The van der Waals surface area contributed by atoms with Gasteiger partial charge in [0.1, 0.15) is 11.9 Å². The van der Waals surface area contributed by atoms with Crippen LogP contribution in [0.1, 0.15) is 23.5 Å². The molecule has 2 aromatic heterocycles. The molecule has 11 heteroatoms. The highest BCUT2D eigenvalue weighted by Crippen LogP contribution is 2.33. The number of aromatic nitrogens is 1. The highest BCUT2D eigenvalue weighted by Gasteiger charge is 2.33. The Hall–Kier alpha value is -2.04. The van der Waals surface area contributed by atoms with E-state index >= 15 is 0 Å². The SMILES string of the molecule is CCNC(=NCC(O)c1ccc(Cl)s1)NCCNc1ncccc1C(F)(F)F. The number of guanidine groups is 1. The van der Waals surface area contributed by atoms with Crippen LogP contribution in [0.25, 0.3) is 0 Å². The molecule has 6 nitrogen and oxygen atoms in total. The maximum absolute atomic E-state index is 12.9. The van der Waals surface area contributed by atoms with Gasteiger partial charge in [0.25, 0.3) is 0 Å². The summed E-state index contributed by atoms with van der Waals surface area (Å²) in [5, 5.41) is 18.8. The fourth-order valence-corrected chi connectivity index (χ4v) is 3.29. The first kappa shape index (κ1) is 22.3. The van der Waals surface area contributed by atoms with Crippen LogP contribution in [0.15, 0.2) is 35.5 Å². The Balaban J connectivity index is 1.87. The summed E-state index contributed by atoms with van der Waals surface area (Å²) < 4.78 is 39.4. The highest BCUT2D eigenvalue weighted by atomic mass is 35.5. The van der Waals surface area contributed by atoms with Crippen molar-refractivity contribution in [1.29, 1.82) is 0 Å². The number of thiophene rings is 1. The van der Waals surface area contributed by atoms with Crippen molar-refractivity contribution in [2.45, 2.75) is 19.2 Å². The van der Waals surface area contributed by atoms with E-state index in [4.69, 9.17) is 11.6 Å². The summed E-state index contributed by atoms with van der Waals surface area (Å²) in [6, 6.07) is 5.67. The van der Waals surface area contributed by atoms with Gasteiger partial charge in [-0.05, 0) is 31.2 Å². The van der Waals surface area contributed by atoms with Gasteiger partial charge in [0, 0.05) is 30.7 Å². The lowest BCUT2D eigenvalue weighted by Crippen LogP contribution is -2.40. The summed E-state index contributed by atoms with van der Waals surface area (Å²) in [4.78, 5) is 8.74. The molecule has 0 amide bonds. The third-order valence-corrected chi connectivity index (χ3v) is 4.84. The zero-order chi connectivity index (χ0) is 20.6. The second kappa shape index (κ2) is 10.5. The number of pyridine rings is 1. The Morgan fingerprint density at radius 1 is 1.29 bits per heavy atom. The number of aliphatic imine (C=N–C) groups is 1. The summed E-state index contributed by atoms with van der Waals surface area (Å²) in [6.07, 6.45) is -3.95. The molecule has 0 saturated carbocycles. The molecular weight excluding hydrogens is 415 g/mol. The normalized spacial score (nSPS) is 13.3. The van der Waals surface area contributed by atoms with Crippen molar-refractivity contribution in [3.63, 3.8) is 0 Å². The molecule has 1 atom stereocenters. The number of aliphatic hydroxyl groups is 1. The minimum absolute atomic E-state index is 0.123. The minimum atomic E-state index is -4.47. The average molecular weight is 436 g/mol. The number of hydrogen-bond donors (Lipinski definition) is 4. The monoisotopic (exact) mass is 435 g/mol. The van der Waals surface area contributed by atoms with Crippen LogP contribution in [0.3, 0.4) is 0 Å². The van der Waals surface area contributed by atoms with Crippen molar-refractivity contribution in [3.05, 3.63) is 45.2 Å². The molecule has 0 aliphatic heterocycles. The highest BCUT2D eigenvalue weighted by molar-refractivity contribution is 7.16. The van der Waals surface area contributed by atoms with Crippen molar-refractivity contribution < 1.29 is 18.3 Å². The van der Waals surface area contributed by atoms with Gasteiger partial charge in [0.05, 0.1) is 16.4 Å². The first-order valence-electron chi connectivity index (χ1n) is 8.52. The lowest BCUT2D eigenvalue weighted by molar-refractivity contribution is -0.137. The molecule has 0 saturated heterocycles. The molecule has 0 bridgehead atoms. The molecule has 2 aromatic rings. The predicted molar refractivity (Wildman–Crippen MR) is 106 cm³/mol. The van der Waals surface area contributed by atoms with Gasteiger partial charge in [0.2, 0.25) is 0 Å². The van der Waals surface area contributed by atoms with Gasteiger partial charge in [-0.3, -0.25) is 4.99 Å². The van der Waals surface area contributed by atoms with Gasteiger partial charge in [-0.2, -0.15) is 13.2 Å². The average Bonchev–Trinajstić information content (AvgIpc) is 3.09. The van der Waals surface area contributed by atoms with Crippen LogP contribution in [0.5, 0.6) is 0 Å². The molecule has 2 rings (SSSR count). The van der Waals surface area contributed by atoms with Crippen LogP contribution in [0.4, 0.5) is 19.0 Å². The van der Waals surface area contributed by atoms with E-state index in [2.05, 4.69) is 25.9 Å². The Kier molecular flexibility index (Phi) is 8.34. The van der Waals surface area contributed by atoms with Gasteiger partial charge >= 0.3 is 6.18 Å². The molecule has 0 aliphatic carbocycles. The maximum atomic E-state index is 12.9. The summed E-state index contributed by atoms with van der Waals surface area (Å²) in [6.45, 7) is 3.11. The molecule has 0 radical (unpaired) electrons. The first-order chi connectivity index (χ1) is 13.3. The number of nitrogens with zero attached hydrogens (tertiary/aromatic N) is 2. The Morgan fingerprint density at radius 2 is 2.07 bits per heavy atom. The van der Waals surface area contributed by atoms with Crippen LogP contribution in [-0.2, 0) is 6.18 Å². The number of rotatable bonds is 8. The number of alkyl halides is 3. The van der Waals surface area contributed by atoms with Crippen LogP contribution in [0, 0.1) is 0 Å². The lowest BCUT2D eigenvalue weighted by atomic mass is 10.2. The van der Waals surface area contributed by atoms with E-state index in [1.807, 2.05) is 6.92 Å². The third-order valence-electron chi connectivity index (χ3n) is 3.51. The molecule has 1 unspecified atom stereocenters. The zero-order valence-electron chi connectivity index (χ0n) is 15.1. The van der Waals surface area contributed by atoms with Crippen molar-refractivity contribution >= 4 is 34.7 Å². The van der Waals surface area contributed by atoms with Crippen molar-refractivity contribution in [3.8, 4) is 0 Å². The second-order valence-electron chi connectivity index (χ2n) is 5.63. The molecule has 28 heavy (non-hydrogen) atoms. The van der Waals surface area contributed by atoms with Gasteiger partial charge in [-0.15, -0.1) is 11.3 Å². The smallest absolute Gasteiger partial charge is 0.386 e. The largest absolute Gasteiger partial charge is 0.419 e. The summed E-state index contributed by atoms with van der Waals surface area (Å²) in [7, 11) is 0. The fraction of sp³-hybridized carbons (Fsp3) is 0.412. The van der Waals surface area contributed by atoms with Crippen LogP contribution in [-0.4, -0.2) is 42.2 Å². The first-order valence-corrected chi connectivity index (χ1v) is 9.72. The molecule has 0 spiro atoms. The minimum Gasteiger partial charge on any atom is -0.386 e. The molecule has 0 aliphatic rings. The van der Waals surface area contributed by atoms with Crippen LogP contribution >= 0.6 is 22.9 Å². The van der Waals surface area contributed by atoms with Gasteiger partial charge in [0.15, 0.2) is 5.96 Å². The molecule has 0 fully saturated rings. The molecule has 4 N–H and O–H groups in total. The topological polar surface area (TPSA) is 81.6 Å². The second-order valence-corrected chi connectivity index (χ2v) is 7.37. The Morgan fingerprint density at radius 3 is 2.71 bits per heavy atom. The van der Waals surface area contributed by atoms with E-state index in [1.165, 1.54) is 23.6 Å². The summed E-state index contributed by atoms with van der Waals surface area (Å²) in [5.41, 5.74) is -0.812. The van der Waals surface area contributed by atoms with E-state index in [1.54, 1.807) is 12.1 Å². The van der Waals surface area contributed by atoms with E-state index in [0.29, 0.717) is 28.3 Å². The zero-order valence-corrected chi connectivity index (χ0v) is 16.6. The lowest BCUT2D eigenvalue weighted by Gasteiger charge is -2.15. The van der Waals surface area contributed by atoms with Crippen molar-refractivity contribution in [1.82, 2.24) is 15.6 Å². The Bertz CT molecular complexity index is 784. The molecule has 0 aromatic carbocycles. The van der Waals surface area contributed by atoms with Crippen molar-refractivity contribution in [2.75, 3.05) is 31.5 Å². The molecule has 154 valence electrons. The van der Waals surface area contributed by atoms with Gasteiger partial charge in [-0.25, -0.2) is 4.98 Å². The van der Waals surface area contributed by atoms with Crippen molar-refractivity contribution in [2.24, 2.45) is 4.99 Å². The molecule has 2 heterocycles. The van der Waals surface area contributed by atoms with E-state index in [0.717, 1.165) is 6.07 Å². The molecular formula is C17H21ClF3N5OS. The third kappa shape index (κ3) is 6.84. The summed E-state index contributed by atoms with van der Waals surface area (Å²) in [5.74, 6) is 0.229. The number of anilines is 1. The number of hydrogen-bond acceptors (Lipinski definition) is 5. The van der Waals surface area contributed by atoms with E-state index in [9.17, 15) is 18.3 Å². The Labute approximate surface area is 169 Å². The van der Waals surface area contributed by atoms with Crippen LogP contribution in [0.2, 0.25) is 4.34 Å². The van der Waals surface area contributed by atoms with E-state index in [-0.39, 0.29) is 18.9 Å². The van der Waals surface area contributed by atoms with Gasteiger partial charge < -0.3 is 21.1 Å². The maximum Gasteiger partial charge on any atom is 0.419 e. The number of halogens is 4. The number of nitrogens with one attached hydrogen (secondary N) is 3. The summed E-state index contributed by atoms with van der Waals surface area (Å²) >= 11 is 7.14. The standard InChI is InChI=1S/C17H21ClF3N5OS/c1-2-22-16(26-10-12(27)13-5-6-14(18)28-13)25-9-8-24-15-11(17(19,20)21)4-3-7-23-15/h3-7,12,27H,2,8-10H2,1H3,(H,23,24)(H2,22,25,26). The van der Waals surface area contributed by atoms with Crippen LogP contribution < -0.4 is 16.0 Å². The predicted octanol–water partition coefficient (Wildman–Crippen LogP) is 3.52. The number of aliphatic hydroxyl groups excluding tert-OH is 1. The van der Waals surface area contributed by atoms with E-state index < -0.39 is 17.8 Å².